The third-order valence-electron chi connectivity index (χ3n) is 4.46. The number of benzene rings is 2. The number of amides is 1. The number of hydrogen-bond donors (Lipinski definition) is 3. The highest BCUT2D eigenvalue weighted by atomic mass is 79.9. The van der Waals surface area contributed by atoms with Crippen molar-refractivity contribution in [3.63, 3.8) is 0 Å². The van der Waals surface area contributed by atoms with Crippen molar-refractivity contribution in [3.8, 4) is 5.75 Å². The van der Waals surface area contributed by atoms with E-state index in [-0.39, 0.29) is 19.1 Å². The third-order valence-corrected chi connectivity index (χ3v) is 4.99. The zero-order valence-electron chi connectivity index (χ0n) is 17.2. The molecule has 0 saturated heterocycles. The molecule has 0 heterocycles. The van der Waals surface area contributed by atoms with Crippen LogP contribution < -0.4 is 10.1 Å². The fourth-order valence-corrected chi connectivity index (χ4v) is 3.24. The number of carboxylic acid groups (broad SMARTS) is 1. The summed E-state index contributed by atoms with van der Waals surface area (Å²) in [5, 5.41) is 20.6. The van der Waals surface area contributed by atoms with Gasteiger partial charge in [-0.05, 0) is 49.1 Å². The molecule has 2 rings (SSSR count). The Morgan fingerprint density at radius 3 is 2.55 bits per heavy atom. The molecule has 0 spiro atoms. The molecule has 0 aliphatic rings. The number of ether oxygens (including phenoxy) is 2. The van der Waals surface area contributed by atoms with Crippen LogP contribution >= 0.6 is 15.9 Å². The Labute approximate surface area is 189 Å². The Hall–Kier alpha value is -2.84. The number of carboxylic acids is 1. The number of rotatable bonds is 11. The summed E-state index contributed by atoms with van der Waals surface area (Å²) in [6.45, 7) is 1.90. The summed E-state index contributed by atoms with van der Waals surface area (Å²) in [6.07, 6.45) is 2.53. The summed E-state index contributed by atoms with van der Waals surface area (Å²) >= 11 is 3.35. The van der Waals surface area contributed by atoms with Crippen LogP contribution in [0.25, 0.3) is 0 Å². The number of para-hydroxylation sites is 1. The standard InChI is InChI=1S/C23H26BrNO6/c1-16(6-2-5-9-21(27)28)22(19-7-3-4-8-20(19)30-15-14-26)31-23(29)25-18-12-10-17(24)11-13-18/h3-5,7-13,16,22,26H,2,6,14-15H2,1H3,(H,25,29)(H,27,28)/b9-5+/t16-,22+/m0/s1. The van der Waals surface area contributed by atoms with Crippen LogP contribution in [0.1, 0.15) is 31.4 Å². The normalized spacial score (nSPS) is 12.9. The van der Waals surface area contributed by atoms with Crippen LogP contribution in [0.3, 0.4) is 0 Å². The minimum atomic E-state index is -1.00. The van der Waals surface area contributed by atoms with Gasteiger partial charge < -0.3 is 19.7 Å². The minimum Gasteiger partial charge on any atom is -0.491 e. The zero-order chi connectivity index (χ0) is 22.6. The smallest absolute Gasteiger partial charge is 0.412 e. The molecule has 0 radical (unpaired) electrons. The van der Waals surface area contributed by atoms with E-state index in [0.29, 0.717) is 29.8 Å². The number of nitrogens with one attached hydrogen (secondary N) is 1. The summed E-state index contributed by atoms with van der Waals surface area (Å²) in [5.41, 5.74) is 1.27. The van der Waals surface area contributed by atoms with Crippen LogP contribution in [0.15, 0.2) is 65.2 Å². The van der Waals surface area contributed by atoms with Crippen molar-refractivity contribution < 1.29 is 29.3 Å². The van der Waals surface area contributed by atoms with Gasteiger partial charge in [-0.25, -0.2) is 9.59 Å². The Balaban J connectivity index is 2.19. The predicted molar refractivity (Wildman–Crippen MR) is 121 cm³/mol. The van der Waals surface area contributed by atoms with E-state index in [2.05, 4.69) is 21.2 Å². The maximum atomic E-state index is 12.6. The number of hydrogen-bond acceptors (Lipinski definition) is 5. The molecule has 0 aliphatic carbocycles. The molecule has 0 bridgehead atoms. The second-order valence-electron chi connectivity index (χ2n) is 6.86. The first-order chi connectivity index (χ1) is 14.9. The Morgan fingerprint density at radius 1 is 1.16 bits per heavy atom. The molecule has 166 valence electrons. The van der Waals surface area contributed by atoms with Gasteiger partial charge in [-0.3, -0.25) is 5.32 Å². The maximum absolute atomic E-state index is 12.6. The van der Waals surface area contributed by atoms with E-state index in [1.165, 1.54) is 0 Å². The van der Waals surface area contributed by atoms with Gasteiger partial charge in [0.15, 0.2) is 0 Å². The lowest BCUT2D eigenvalue weighted by atomic mass is 9.92. The second-order valence-corrected chi connectivity index (χ2v) is 7.78. The van der Waals surface area contributed by atoms with Crippen molar-refractivity contribution in [1.29, 1.82) is 0 Å². The molecule has 0 aliphatic heterocycles. The highest BCUT2D eigenvalue weighted by molar-refractivity contribution is 9.10. The first-order valence-corrected chi connectivity index (χ1v) is 10.6. The number of carbonyl (C=O) groups excluding carboxylic acids is 1. The molecule has 3 N–H and O–H groups in total. The molecular formula is C23H26BrNO6. The number of anilines is 1. The largest absolute Gasteiger partial charge is 0.491 e. The van der Waals surface area contributed by atoms with Gasteiger partial charge in [0.2, 0.25) is 0 Å². The second kappa shape index (κ2) is 12.8. The van der Waals surface area contributed by atoms with Crippen LogP contribution in [-0.4, -0.2) is 35.5 Å². The van der Waals surface area contributed by atoms with Crippen molar-refractivity contribution in [2.45, 2.75) is 25.9 Å². The SMILES string of the molecule is C[C@@H](CC/C=C/C(=O)O)[C@@H](OC(=O)Nc1ccc(Br)cc1)c1ccccc1OCCO. The lowest BCUT2D eigenvalue weighted by Gasteiger charge is -2.26. The Kier molecular flexibility index (Phi) is 10.1. The van der Waals surface area contributed by atoms with E-state index in [9.17, 15) is 9.59 Å². The number of carbonyl (C=O) groups is 2. The third kappa shape index (κ3) is 8.43. The van der Waals surface area contributed by atoms with Gasteiger partial charge in [-0.1, -0.05) is 47.1 Å². The highest BCUT2D eigenvalue weighted by Gasteiger charge is 2.26. The summed E-state index contributed by atoms with van der Waals surface area (Å²) in [4.78, 5) is 23.3. The lowest BCUT2D eigenvalue weighted by molar-refractivity contribution is -0.131. The molecular weight excluding hydrogens is 466 g/mol. The van der Waals surface area contributed by atoms with Gasteiger partial charge >= 0.3 is 12.1 Å². The van der Waals surface area contributed by atoms with E-state index in [4.69, 9.17) is 19.7 Å². The number of aliphatic hydroxyl groups is 1. The van der Waals surface area contributed by atoms with Gasteiger partial charge in [0.1, 0.15) is 18.5 Å². The number of halogens is 1. The maximum Gasteiger partial charge on any atom is 0.412 e. The molecule has 2 aromatic carbocycles. The summed E-state index contributed by atoms with van der Waals surface area (Å²) in [7, 11) is 0. The Bertz CT molecular complexity index is 884. The van der Waals surface area contributed by atoms with Crippen molar-refractivity contribution in [1.82, 2.24) is 0 Å². The van der Waals surface area contributed by atoms with Crippen molar-refractivity contribution in [3.05, 3.63) is 70.7 Å². The highest BCUT2D eigenvalue weighted by Crippen LogP contribution is 2.35. The number of allylic oxidation sites excluding steroid dienone is 1. The van der Waals surface area contributed by atoms with Gasteiger partial charge in [0.25, 0.3) is 0 Å². The summed E-state index contributed by atoms with van der Waals surface area (Å²) in [5.74, 6) is -0.615. The topological polar surface area (TPSA) is 105 Å². The lowest BCUT2D eigenvalue weighted by Crippen LogP contribution is -2.22. The molecule has 31 heavy (non-hydrogen) atoms. The first kappa shape index (κ1) is 24.4. The fraction of sp³-hybridized carbons (Fsp3) is 0.304. The van der Waals surface area contributed by atoms with Crippen LogP contribution in [0, 0.1) is 5.92 Å². The monoisotopic (exact) mass is 491 g/mol. The molecule has 0 fully saturated rings. The molecule has 0 saturated carbocycles. The van der Waals surface area contributed by atoms with Gasteiger partial charge in [-0.15, -0.1) is 0 Å². The van der Waals surface area contributed by atoms with E-state index in [1.807, 2.05) is 31.2 Å². The molecule has 8 heteroatoms. The van der Waals surface area contributed by atoms with Crippen molar-refractivity contribution >= 4 is 33.7 Å². The first-order valence-electron chi connectivity index (χ1n) is 9.86. The van der Waals surface area contributed by atoms with Crippen LogP contribution in [0.5, 0.6) is 5.75 Å². The van der Waals surface area contributed by atoms with Crippen LogP contribution in [-0.2, 0) is 9.53 Å². The molecule has 0 unspecified atom stereocenters. The zero-order valence-corrected chi connectivity index (χ0v) is 18.7. The average molecular weight is 492 g/mol. The average Bonchev–Trinajstić information content (AvgIpc) is 2.75. The van der Waals surface area contributed by atoms with Gasteiger partial charge in [-0.2, -0.15) is 0 Å². The van der Waals surface area contributed by atoms with E-state index in [1.54, 1.807) is 30.3 Å². The van der Waals surface area contributed by atoms with Crippen molar-refractivity contribution in [2.75, 3.05) is 18.5 Å². The van der Waals surface area contributed by atoms with E-state index in [0.717, 1.165) is 10.5 Å². The Morgan fingerprint density at radius 2 is 1.87 bits per heavy atom. The molecule has 2 atom stereocenters. The minimum absolute atomic E-state index is 0.116. The van der Waals surface area contributed by atoms with Crippen LogP contribution in [0.4, 0.5) is 10.5 Å². The molecule has 1 amide bonds. The molecule has 0 aromatic heterocycles. The predicted octanol–water partition coefficient (Wildman–Crippen LogP) is 5.17. The van der Waals surface area contributed by atoms with Crippen molar-refractivity contribution in [2.24, 2.45) is 5.92 Å². The molecule has 2 aromatic rings. The van der Waals surface area contributed by atoms with Crippen LogP contribution in [0.2, 0.25) is 0 Å². The van der Waals surface area contributed by atoms with E-state index >= 15 is 0 Å². The summed E-state index contributed by atoms with van der Waals surface area (Å²) < 4.78 is 12.3. The number of aliphatic hydroxyl groups excluding tert-OH is 1. The number of aliphatic carboxylic acids is 1. The van der Waals surface area contributed by atoms with Gasteiger partial charge in [0, 0.05) is 21.8 Å². The fourth-order valence-electron chi connectivity index (χ4n) is 2.98. The summed E-state index contributed by atoms with van der Waals surface area (Å²) in [6, 6.07) is 14.3. The quantitative estimate of drug-likeness (QED) is 0.374. The molecule has 7 nitrogen and oxygen atoms in total. The van der Waals surface area contributed by atoms with Gasteiger partial charge in [0.05, 0.1) is 6.61 Å². The van der Waals surface area contributed by atoms with E-state index < -0.39 is 18.2 Å².